The Hall–Kier alpha value is -20.4. The molecule has 0 radical (unpaired) electrons. The van der Waals surface area contributed by atoms with E-state index in [0.717, 1.165) is 276 Å². The van der Waals surface area contributed by atoms with Crippen LogP contribution in [0.3, 0.4) is 0 Å². The number of anilines is 1. The fourth-order valence-corrected chi connectivity index (χ4v) is 21.0. The van der Waals surface area contributed by atoms with Crippen molar-refractivity contribution in [2.24, 2.45) is 7.05 Å². The Kier molecular flexibility index (Phi) is 19.5. The lowest BCUT2D eigenvalue weighted by Crippen LogP contribution is -2.07. The Morgan fingerprint density at radius 2 is 0.669 bits per heavy atom. The van der Waals surface area contributed by atoms with Crippen LogP contribution in [-0.4, -0.2) is 135 Å². The molecular formula is C115H72ClN27O2. The molecule has 20 heterocycles. The smallest absolute Gasteiger partial charge is 0.323 e. The van der Waals surface area contributed by atoms with E-state index in [2.05, 4.69) is 167 Å². The van der Waals surface area contributed by atoms with Crippen LogP contribution < -0.4 is 5.73 Å². The quantitative estimate of drug-likeness (QED) is 0.0384. The lowest BCUT2D eigenvalue weighted by molar-refractivity contribution is -0.137. The van der Waals surface area contributed by atoms with Gasteiger partial charge in [-0.2, -0.15) is 0 Å². The molecule has 145 heavy (non-hydrogen) atoms. The van der Waals surface area contributed by atoms with Gasteiger partial charge in [0.2, 0.25) is 0 Å². The second-order valence-corrected chi connectivity index (χ2v) is 35.6. The topological polar surface area (TPSA) is 397 Å². The highest BCUT2D eigenvalue weighted by Gasteiger charge is 2.28. The van der Waals surface area contributed by atoms with Crippen molar-refractivity contribution < 1.29 is 9.90 Å². The van der Waals surface area contributed by atoms with Gasteiger partial charge in [-0.05, 0) is 181 Å². The van der Waals surface area contributed by atoms with E-state index in [0.29, 0.717) is 16.7 Å². The van der Waals surface area contributed by atoms with Crippen LogP contribution in [0, 0.1) is 6.57 Å². The molecule has 686 valence electrons. The number of aromatic nitrogens is 25. The number of carboxylic acid groups (broad SMARTS) is 1. The highest BCUT2D eigenvalue weighted by atomic mass is 35.5. The van der Waals surface area contributed by atoms with Crippen molar-refractivity contribution >= 4 is 248 Å². The van der Waals surface area contributed by atoms with Gasteiger partial charge in [0.1, 0.15) is 40.8 Å². The van der Waals surface area contributed by atoms with E-state index in [-0.39, 0.29) is 6.54 Å². The first-order chi connectivity index (χ1) is 71.4. The summed E-state index contributed by atoms with van der Waals surface area (Å²) in [4.78, 5) is 113. The fraction of sp³-hybridized carbons (Fsp3) is 0.0174. The van der Waals surface area contributed by atoms with Crippen molar-refractivity contribution in [3.63, 3.8) is 0 Å². The Bertz CT molecular complexity index is 10500. The average Bonchev–Trinajstić information content (AvgIpc) is 1.51. The number of rotatable bonds is 8. The number of nitrogen functional groups attached to an aromatic ring is 1. The lowest BCUT2D eigenvalue weighted by Gasteiger charge is -2.07. The average molecular weight is 1900 g/mol. The van der Waals surface area contributed by atoms with Crippen LogP contribution in [0.15, 0.2) is 341 Å². The first-order valence-electron chi connectivity index (χ1n) is 46.6. The van der Waals surface area contributed by atoms with Crippen LogP contribution in [0.2, 0.25) is 5.15 Å². The van der Waals surface area contributed by atoms with Gasteiger partial charge in [0.25, 0.3) is 0 Å². The van der Waals surface area contributed by atoms with Crippen molar-refractivity contribution in [3.8, 4) is 68.2 Å². The molecule has 0 atom stereocenters. The molecule has 0 spiro atoms. The molecule has 29 nitrogen and oxygen atoms in total. The van der Waals surface area contributed by atoms with Crippen LogP contribution in [0.5, 0.6) is 0 Å². The van der Waals surface area contributed by atoms with E-state index in [1.165, 1.54) is 10.9 Å². The standard InChI is InChI=1S/C28H19N5.C23H15N5O2.C22H12N6.C21H12ClN5.C21H14N6/c1-33-21-14-6-5-11-18(21)22(27(33)17-9-3-2-4-10-17)28-31-25-19-12-7-15-29-23(19)24-20(26(25)32-28)13-8-16-30-24;29-18(30)12-28-11-16(13-5-1-2-8-17(13)28)23-26-21-14-6-3-9-24-19(14)20-15(22(21)27-23)7-4-10-25-20;1-23-12-6-7-17-15(10-12)16(11-26-17)22-27-20-13-4-2-8-24-18(13)19-14(21(20)28-22)5-3-9-25-19;22-20-15(11-5-1-2-8-14(11)25-20)21-26-18-12-6-3-9-23-16(12)17-13(19(18)27-21)7-4-10-24-17;22-11-5-6-16-14(9-11)15(10-25-16)21-26-19-12-3-1-7-23-17(12)18-13(20(19)27-21)4-2-8-24-18/h2-16H,1H3,(H,31,32);1-11H,12H2,(H,26,27)(H,29,30);2-11,26H,(H,27,28);1-10,25H,(H,26,27);1-10,25H,22H2,(H,26,27). The number of aromatic amines is 8. The molecule has 11 N–H and O–H groups in total. The molecule has 30 heteroatoms. The summed E-state index contributed by atoms with van der Waals surface area (Å²) in [6, 6.07) is 85.9. The number of carboxylic acids is 1. The number of nitrogens with one attached hydrogen (secondary N) is 8. The largest absolute Gasteiger partial charge is 0.480 e. The number of halogens is 1. The Labute approximate surface area is 821 Å². The van der Waals surface area contributed by atoms with E-state index in [4.69, 9.17) is 48.8 Å². The summed E-state index contributed by atoms with van der Waals surface area (Å²) in [7, 11) is 2.12. The highest BCUT2D eigenvalue weighted by molar-refractivity contribution is 6.35. The third-order valence-corrected chi connectivity index (χ3v) is 27.3. The summed E-state index contributed by atoms with van der Waals surface area (Å²) in [5.74, 6) is 2.93. The summed E-state index contributed by atoms with van der Waals surface area (Å²) in [5.41, 5.74) is 37.0. The van der Waals surface area contributed by atoms with Crippen LogP contribution in [0.25, 0.3) is 292 Å². The lowest BCUT2D eigenvalue weighted by atomic mass is 10.0. The van der Waals surface area contributed by atoms with Gasteiger partial charge in [-0.1, -0.05) is 103 Å². The molecule has 20 aromatic heterocycles. The van der Waals surface area contributed by atoms with Crippen LogP contribution in [-0.2, 0) is 18.4 Å². The van der Waals surface area contributed by atoms with E-state index in [1.807, 2.05) is 231 Å². The fourth-order valence-electron chi connectivity index (χ4n) is 20.7. The van der Waals surface area contributed by atoms with Gasteiger partial charge in [-0.25, -0.2) is 29.8 Å². The Morgan fingerprint density at radius 1 is 0.331 bits per heavy atom. The molecule has 0 unspecified atom stereocenters. The highest BCUT2D eigenvalue weighted by Crippen LogP contribution is 2.46. The van der Waals surface area contributed by atoms with Crippen molar-refractivity contribution in [1.29, 1.82) is 0 Å². The molecule has 31 aromatic rings. The number of para-hydroxylation sites is 3. The summed E-state index contributed by atoms with van der Waals surface area (Å²) in [5, 5.41) is 24.9. The third-order valence-electron chi connectivity index (χ3n) is 27.0. The van der Waals surface area contributed by atoms with Crippen molar-refractivity contribution in [1.82, 2.24) is 124 Å². The molecule has 0 fully saturated rings. The normalized spacial score (nSPS) is 11.8. The molecule has 0 amide bonds. The maximum atomic E-state index is 11.3. The molecular weight excluding hydrogens is 1830 g/mol. The molecule has 31 rings (SSSR count). The summed E-state index contributed by atoms with van der Waals surface area (Å²) in [6.45, 7) is 7.18. The zero-order valence-electron chi connectivity index (χ0n) is 76.4. The minimum atomic E-state index is -0.888. The summed E-state index contributed by atoms with van der Waals surface area (Å²) < 4.78 is 3.99. The van der Waals surface area contributed by atoms with E-state index < -0.39 is 5.97 Å². The second-order valence-electron chi connectivity index (χ2n) is 35.2. The second kappa shape index (κ2) is 33.8. The number of aryl methyl sites for hydroxylation is 1. The third kappa shape index (κ3) is 13.8. The van der Waals surface area contributed by atoms with E-state index >= 15 is 0 Å². The van der Waals surface area contributed by atoms with Gasteiger partial charge in [-0.3, -0.25) is 54.6 Å². The minimum absolute atomic E-state index is 0.111. The number of fused-ring (bicyclic) bond motifs is 35. The number of nitrogens with two attached hydrogens (primary N) is 1. The number of H-pyrrole nitrogens is 8. The Morgan fingerprint density at radius 3 is 1.10 bits per heavy atom. The number of aliphatic carboxylic acids is 1. The first-order valence-corrected chi connectivity index (χ1v) is 46.9. The van der Waals surface area contributed by atoms with Gasteiger partial charge < -0.3 is 59.8 Å². The van der Waals surface area contributed by atoms with Crippen molar-refractivity contribution in [2.75, 3.05) is 5.73 Å². The van der Waals surface area contributed by atoms with Gasteiger partial charge >= 0.3 is 5.97 Å². The van der Waals surface area contributed by atoms with Crippen LogP contribution in [0.1, 0.15) is 0 Å². The maximum Gasteiger partial charge on any atom is 0.323 e. The molecule has 0 bridgehead atoms. The molecule has 0 aliphatic heterocycles. The predicted molar refractivity (Wildman–Crippen MR) is 577 cm³/mol. The van der Waals surface area contributed by atoms with Gasteiger partial charge in [-0.15, -0.1) is 0 Å². The monoisotopic (exact) mass is 1900 g/mol. The van der Waals surface area contributed by atoms with E-state index in [1.54, 1.807) is 54.1 Å². The van der Waals surface area contributed by atoms with Gasteiger partial charge in [0.15, 0.2) is 5.69 Å². The van der Waals surface area contributed by atoms with Gasteiger partial charge in [0, 0.05) is 213 Å². The van der Waals surface area contributed by atoms with Crippen LogP contribution >= 0.6 is 11.6 Å². The minimum Gasteiger partial charge on any atom is -0.480 e. The van der Waals surface area contributed by atoms with Crippen molar-refractivity contribution in [2.45, 2.75) is 6.54 Å². The number of imidazole rings is 5. The van der Waals surface area contributed by atoms with Crippen molar-refractivity contribution in [3.05, 3.63) is 358 Å². The zero-order chi connectivity index (χ0) is 96.8. The molecule has 0 aliphatic rings. The van der Waals surface area contributed by atoms with E-state index in [9.17, 15) is 9.90 Å². The summed E-state index contributed by atoms with van der Waals surface area (Å²) >= 11 is 6.53. The zero-order valence-corrected chi connectivity index (χ0v) is 77.2. The molecule has 11 aromatic carbocycles. The summed E-state index contributed by atoms with van der Waals surface area (Å²) in [6.07, 6.45) is 23.6. The number of hydrogen-bond donors (Lipinski definition) is 10. The number of pyridine rings is 10. The van der Waals surface area contributed by atoms with Crippen LogP contribution in [0.4, 0.5) is 11.4 Å². The first kappa shape index (κ1) is 83.9. The SMILES string of the molecule is Clc1[nH]c2ccccc2c1-c1nc2c3cccnc3c3ncccc3c2[nH]1.Cn1c(-c2ccccc2)c(-c2nc3c4cccnc4c4ncccc4c3[nH]2)c2ccccc21.Nc1ccc2[nH]cc(-c3nc4c5cccnc5c5ncccc5c4[nH]3)c2c1.O=C(O)Cn1cc(-c2nc3c4cccnc4c4ncccc4c3[nH]2)c2ccccc21.[C-]#[N+]c1ccc2[nH]cc(-c3nc4c5cccnc5c5ncccc5c4[nH]3)c2c1. The van der Waals surface area contributed by atoms with Gasteiger partial charge in [0.05, 0.1) is 134 Å². The number of benzene rings is 11. The maximum absolute atomic E-state index is 11.3. The molecule has 0 aliphatic carbocycles. The number of nitrogens with zero attached hydrogens (tertiary/aromatic N) is 18. The Balaban J connectivity index is 0.0000000902. The number of hydrogen-bond acceptors (Lipinski definition) is 17. The predicted octanol–water partition coefficient (Wildman–Crippen LogP) is 26.1. The molecule has 0 saturated carbocycles. The number of carbonyl (C=O) groups is 1. The molecule has 0 saturated heterocycles.